The predicted octanol–water partition coefficient (Wildman–Crippen LogP) is 6.26. The van der Waals surface area contributed by atoms with Gasteiger partial charge in [-0.15, -0.1) is 0 Å². The van der Waals surface area contributed by atoms with E-state index < -0.39 is 29.1 Å². The molecule has 0 radical (unpaired) electrons. The molecule has 0 aromatic heterocycles. The number of anilines is 1. The van der Waals surface area contributed by atoms with Crippen molar-refractivity contribution in [1.29, 1.82) is 0 Å². The number of benzene rings is 3. The number of piperidine rings is 1. The molecule has 0 spiro atoms. The Morgan fingerprint density at radius 3 is 1.78 bits per heavy atom. The van der Waals surface area contributed by atoms with Gasteiger partial charge in [-0.05, 0) is 78.2 Å². The van der Waals surface area contributed by atoms with Crippen molar-refractivity contribution in [3.8, 4) is 0 Å². The topological polar surface area (TPSA) is 49.4 Å². The first-order valence-electron chi connectivity index (χ1n) is 11.7. The summed E-state index contributed by atoms with van der Waals surface area (Å²) >= 11 is 0. The van der Waals surface area contributed by atoms with Gasteiger partial charge in [-0.1, -0.05) is 19.1 Å². The maximum Gasteiger partial charge on any atom is 0.254 e. The molecule has 1 amide bonds. The fourth-order valence-corrected chi connectivity index (χ4v) is 3.97. The number of hydrogen-bond donors (Lipinski definition) is 1. The molecule has 0 unspecified atom stereocenters. The number of likely N-dealkylation sites (tertiary alicyclic amines) is 1. The van der Waals surface area contributed by atoms with Crippen LogP contribution in [-0.4, -0.2) is 36.2 Å². The van der Waals surface area contributed by atoms with Crippen molar-refractivity contribution < 1.29 is 27.2 Å². The van der Waals surface area contributed by atoms with Crippen LogP contribution in [0.25, 0.3) is 12.2 Å². The lowest BCUT2D eigenvalue weighted by Gasteiger charge is -2.30. The first kappa shape index (κ1) is 25.9. The highest BCUT2D eigenvalue weighted by molar-refractivity contribution is 6.15. The Hall–Kier alpha value is -4.20. The molecule has 0 atom stereocenters. The molecule has 1 fully saturated rings. The van der Waals surface area contributed by atoms with E-state index >= 15 is 0 Å². The highest BCUT2D eigenvalue weighted by Gasteiger charge is 2.30. The molecule has 1 aliphatic heterocycles. The zero-order chi connectivity index (χ0) is 26.5. The minimum Gasteiger partial charge on any atom is -0.385 e. The summed E-state index contributed by atoms with van der Waals surface area (Å²) in [4.78, 5) is 28.1. The van der Waals surface area contributed by atoms with Crippen molar-refractivity contribution in [2.45, 2.75) is 13.3 Å². The van der Waals surface area contributed by atoms with E-state index in [1.165, 1.54) is 29.2 Å². The summed E-state index contributed by atoms with van der Waals surface area (Å²) in [6, 6.07) is 13.4. The van der Waals surface area contributed by atoms with E-state index in [9.17, 15) is 27.2 Å². The SMILES string of the molecule is CCCNc1ccc(C(=O)N2C/C(=C\c3ccc(F)c(F)c3)C(=O)/C(=C/c3ccc(F)c(F)c3)C2)cc1. The van der Waals surface area contributed by atoms with Crippen LogP contribution in [0.5, 0.6) is 0 Å². The van der Waals surface area contributed by atoms with Gasteiger partial charge in [0.25, 0.3) is 5.91 Å². The number of Topliss-reactive ketones (excluding diaryl/α,β-unsaturated/α-hetero) is 1. The monoisotopic (exact) mass is 508 g/mol. The molecule has 190 valence electrons. The van der Waals surface area contributed by atoms with Crippen LogP contribution in [0.1, 0.15) is 34.8 Å². The Labute approximate surface area is 211 Å². The first-order chi connectivity index (χ1) is 17.7. The van der Waals surface area contributed by atoms with E-state index in [4.69, 9.17) is 0 Å². The summed E-state index contributed by atoms with van der Waals surface area (Å²) in [6.45, 7) is 2.69. The number of nitrogens with one attached hydrogen (secondary N) is 1. The number of amides is 1. The summed E-state index contributed by atoms with van der Waals surface area (Å²) in [5.41, 5.74) is 2.09. The molecule has 1 saturated heterocycles. The van der Waals surface area contributed by atoms with Crippen LogP contribution in [0.4, 0.5) is 23.2 Å². The van der Waals surface area contributed by atoms with Gasteiger partial charge in [0.2, 0.25) is 0 Å². The van der Waals surface area contributed by atoms with Gasteiger partial charge in [0.1, 0.15) is 0 Å². The Bertz CT molecular complexity index is 1320. The Balaban J connectivity index is 1.69. The molecule has 0 saturated carbocycles. The van der Waals surface area contributed by atoms with Crippen molar-refractivity contribution in [3.63, 3.8) is 0 Å². The van der Waals surface area contributed by atoms with E-state index in [1.54, 1.807) is 24.3 Å². The number of halogens is 4. The van der Waals surface area contributed by atoms with Crippen LogP contribution in [0.2, 0.25) is 0 Å². The first-order valence-corrected chi connectivity index (χ1v) is 11.7. The van der Waals surface area contributed by atoms with Gasteiger partial charge in [0.05, 0.1) is 13.1 Å². The van der Waals surface area contributed by atoms with E-state index in [0.717, 1.165) is 42.9 Å². The van der Waals surface area contributed by atoms with Crippen LogP contribution in [-0.2, 0) is 4.79 Å². The molecule has 0 bridgehead atoms. The molecule has 1 heterocycles. The lowest BCUT2D eigenvalue weighted by molar-refractivity contribution is -0.113. The van der Waals surface area contributed by atoms with Gasteiger partial charge in [0.15, 0.2) is 29.1 Å². The van der Waals surface area contributed by atoms with Crippen molar-refractivity contribution in [3.05, 3.63) is 112 Å². The second kappa shape index (κ2) is 11.2. The van der Waals surface area contributed by atoms with Gasteiger partial charge in [-0.25, -0.2) is 17.6 Å². The average molecular weight is 509 g/mol. The molecule has 3 aromatic carbocycles. The number of carbonyl (C=O) groups excluding carboxylic acids is 2. The average Bonchev–Trinajstić information content (AvgIpc) is 2.89. The van der Waals surface area contributed by atoms with Gasteiger partial charge >= 0.3 is 0 Å². The molecular formula is C29H24F4N2O2. The molecular weight excluding hydrogens is 484 g/mol. The fourth-order valence-electron chi connectivity index (χ4n) is 3.97. The molecule has 4 nitrogen and oxygen atoms in total. The quantitative estimate of drug-likeness (QED) is 0.316. The minimum absolute atomic E-state index is 0.0678. The molecule has 8 heteroatoms. The van der Waals surface area contributed by atoms with Gasteiger partial charge in [-0.3, -0.25) is 9.59 Å². The minimum atomic E-state index is -1.07. The number of hydrogen-bond acceptors (Lipinski definition) is 3. The highest BCUT2D eigenvalue weighted by atomic mass is 19.2. The third-order valence-electron chi connectivity index (χ3n) is 5.87. The second-order valence-electron chi connectivity index (χ2n) is 8.68. The largest absolute Gasteiger partial charge is 0.385 e. The van der Waals surface area contributed by atoms with E-state index in [1.807, 2.05) is 6.92 Å². The van der Waals surface area contributed by atoms with Crippen LogP contribution < -0.4 is 5.32 Å². The maximum atomic E-state index is 13.8. The van der Waals surface area contributed by atoms with Crippen LogP contribution >= 0.6 is 0 Å². The van der Waals surface area contributed by atoms with Gasteiger partial charge in [-0.2, -0.15) is 0 Å². The highest BCUT2D eigenvalue weighted by Crippen LogP contribution is 2.25. The Kier molecular flexibility index (Phi) is 7.86. The van der Waals surface area contributed by atoms with Crippen molar-refractivity contribution >= 4 is 29.5 Å². The number of rotatable bonds is 6. The molecule has 37 heavy (non-hydrogen) atoms. The fraction of sp³-hybridized carbons (Fsp3) is 0.172. The number of nitrogens with zero attached hydrogens (tertiary/aromatic N) is 1. The summed E-state index contributed by atoms with van der Waals surface area (Å²) in [5, 5.41) is 3.23. The smallest absolute Gasteiger partial charge is 0.254 e. The summed E-state index contributed by atoms with van der Waals surface area (Å²) in [5.74, 6) is -4.96. The van der Waals surface area contributed by atoms with E-state index in [-0.39, 0.29) is 41.3 Å². The lowest BCUT2D eigenvalue weighted by atomic mass is 9.93. The van der Waals surface area contributed by atoms with Crippen LogP contribution in [0, 0.1) is 23.3 Å². The number of ketones is 1. The van der Waals surface area contributed by atoms with E-state index in [0.29, 0.717) is 5.56 Å². The summed E-state index contributed by atoms with van der Waals surface area (Å²) < 4.78 is 54.3. The predicted molar refractivity (Wildman–Crippen MR) is 135 cm³/mol. The van der Waals surface area contributed by atoms with Gasteiger partial charge in [0, 0.05) is 28.9 Å². The van der Waals surface area contributed by atoms with Crippen molar-refractivity contribution in [1.82, 2.24) is 4.90 Å². The number of carbonyl (C=O) groups is 2. The maximum absolute atomic E-state index is 13.8. The zero-order valence-electron chi connectivity index (χ0n) is 20.0. The molecule has 1 N–H and O–H groups in total. The molecule has 4 rings (SSSR count). The molecule has 0 aliphatic carbocycles. The Morgan fingerprint density at radius 1 is 0.811 bits per heavy atom. The van der Waals surface area contributed by atoms with Crippen molar-refractivity contribution in [2.75, 3.05) is 25.0 Å². The second-order valence-corrected chi connectivity index (χ2v) is 8.68. The van der Waals surface area contributed by atoms with Gasteiger partial charge < -0.3 is 10.2 Å². The standard InChI is InChI=1S/C29H24F4N2O2/c1-2-11-34-23-7-5-20(6-8-23)29(37)35-16-21(12-18-3-9-24(30)26(32)14-18)28(36)22(17-35)13-19-4-10-25(31)27(33)15-19/h3-10,12-15,34H,2,11,16-17H2,1H3/b21-12+,22-13+. The molecule has 1 aliphatic rings. The molecule has 3 aromatic rings. The summed E-state index contributed by atoms with van der Waals surface area (Å²) in [7, 11) is 0. The van der Waals surface area contributed by atoms with Crippen molar-refractivity contribution in [2.24, 2.45) is 0 Å². The zero-order valence-corrected chi connectivity index (χ0v) is 20.0. The van der Waals surface area contributed by atoms with Crippen LogP contribution in [0.3, 0.4) is 0 Å². The third kappa shape index (κ3) is 6.14. The Morgan fingerprint density at radius 2 is 1.32 bits per heavy atom. The third-order valence-corrected chi connectivity index (χ3v) is 5.87. The van der Waals surface area contributed by atoms with E-state index in [2.05, 4.69) is 5.32 Å². The van der Waals surface area contributed by atoms with Crippen LogP contribution in [0.15, 0.2) is 71.8 Å². The summed E-state index contributed by atoms with van der Waals surface area (Å²) in [6.07, 6.45) is 3.73. The normalized spacial score (nSPS) is 15.9. The lowest BCUT2D eigenvalue weighted by Crippen LogP contribution is -2.41.